The van der Waals surface area contributed by atoms with Crippen LogP contribution in [0.15, 0.2) is 42.6 Å². The second-order valence-corrected chi connectivity index (χ2v) is 7.33. The Balaban J connectivity index is 2.16. The number of pyridine rings is 1. The Hall–Kier alpha value is -3.51. The van der Waals surface area contributed by atoms with Gasteiger partial charge in [0.1, 0.15) is 11.8 Å². The maximum absolute atomic E-state index is 13.4. The third-order valence-electron chi connectivity index (χ3n) is 4.59. The van der Waals surface area contributed by atoms with Gasteiger partial charge in [-0.2, -0.15) is 26.3 Å². The molecule has 1 heterocycles. The number of alkyl carbamates (subject to hydrolysis) is 1. The molecular formula is C22H23F6N3O4. The van der Waals surface area contributed by atoms with E-state index in [-0.39, 0.29) is 23.6 Å². The average molecular weight is 507 g/mol. The minimum atomic E-state index is -4.67. The molecule has 1 aromatic heterocycles. The van der Waals surface area contributed by atoms with E-state index in [2.05, 4.69) is 20.4 Å². The van der Waals surface area contributed by atoms with Crippen LogP contribution in [0, 0.1) is 0 Å². The zero-order valence-corrected chi connectivity index (χ0v) is 18.7. The lowest BCUT2D eigenvalue weighted by Gasteiger charge is -2.22. The van der Waals surface area contributed by atoms with Crippen molar-refractivity contribution in [2.75, 3.05) is 13.2 Å². The number of aromatic nitrogens is 1. The number of halogens is 6. The van der Waals surface area contributed by atoms with Crippen LogP contribution in [0.4, 0.5) is 31.1 Å². The van der Waals surface area contributed by atoms with Crippen molar-refractivity contribution in [3.8, 4) is 5.75 Å². The molecule has 0 radical (unpaired) electrons. The Morgan fingerprint density at radius 2 is 1.71 bits per heavy atom. The normalized spacial score (nSPS) is 13.5. The number of amides is 2. The molecule has 0 spiro atoms. The Morgan fingerprint density at radius 3 is 2.29 bits per heavy atom. The summed E-state index contributed by atoms with van der Waals surface area (Å²) < 4.78 is 86.2. The molecule has 0 aliphatic rings. The predicted molar refractivity (Wildman–Crippen MR) is 111 cm³/mol. The van der Waals surface area contributed by atoms with Gasteiger partial charge in [-0.3, -0.25) is 9.78 Å². The van der Waals surface area contributed by atoms with Crippen LogP contribution in [0.1, 0.15) is 36.7 Å². The maximum Gasteiger partial charge on any atom is 0.422 e. The van der Waals surface area contributed by atoms with E-state index in [0.29, 0.717) is 0 Å². The third kappa shape index (κ3) is 8.98. The first-order valence-electron chi connectivity index (χ1n) is 10.3. The van der Waals surface area contributed by atoms with Crippen LogP contribution in [0.2, 0.25) is 0 Å². The number of nitrogens with one attached hydrogen (secondary N) is 2. The third-order valence-corrected chi connectivity index (χ3v) is 4.59. The summed E-state index contributed by atoms with van der Waals surface area (Å²) in [4.78, 5) is 28.7. The molecular weight excluding hydrogens is 484 g/mol. The lowest BCUT2D eigenvalue weighted by molar-refractivity contribution is -0.153. The van der Waals surface area contributed by atoms with E-state index in [1.807, 2.05) is 0 Å². The van der Waals surface area contributed by atoms with E-state index in [1.54, 1.807) is 0 Å². The second kappa shape index (κ2) is 11.8. The summed E-state index contributed by atoms with van der Waals surface area (Å²) in [5.74, 6) is -0.961. The van der Waals surface area contributed by atoms with Gasteiger partial charge < -0.3 is 20.1 Å². The lowest BCUT2D eigenvalue weighted by Crippen LogP contribution is -2.49. The van der Waals surface area contributed by atoms with Crippen LogP contribution < -0.4 is 15.4 Å². The molecule has 1 aromatic carbocycles. The fraction of sp³-hybridized carbons (Fsp3) is 0.409. The van der Waals surface area contributed by atoms with Gasteiger partial charge in [-0.15, -0.1) is 0 Å². The molecule has 0 unspecified atom stereocenters. The zero-order valence-electron chi connectivity index (χ0n) is 18.7. The predicted octanol–water partition coefficient (Wildman–Crippen LogP) is 4.58. The number of ether oxygens (including phenoxy) is 2. The van der Waals surface area contributed by atoms with Gasteiger partial charge in [-0.05, 0) is 37.6 Å². The summed E-state index contributed by atoms with van der Waals surface area (Å²) >= 11 is 0. The van der Waals surface area contributed by atoms with E-state index >= 15 is 0 Å². The topological polar surface area (TPSA) is 89.5 Å². The van der Waals surface area contributed by atoms with Crippen molar-refractivity contribution in [2.24, 2.45) is 0 Å². The highest BCUT2D eigenvalue weighted by Gasteiger charge is 2.35. The van der Waals surface area contributed by atoms with Crippen LogP contribution in [-0.4, -0.2) is 42.4 Å². The van der Waals surface area contributed by atoms with Crippen molar-refractivity contribution in [1.29, 1.82) is 0 Å². The summed E-state index contributed by atoms with van der Waals surface area (Å²) in [7, 11) is 0. The van der Waals surface area contributed by atoms with Crippen molar-refractivity contribution in [1.82, 2.24) is 15.6 Å². The quantitative estimate of drug-likeness (QED) is 0.486. The first-order chi connectivity index (χ1) is 16.3. The highest BCUT2D eigenvalue weighted by molar-refractivity contribution is 5.86. The number of hydrogen-bond acceptors (Lipinski definition) is 5. The highest BCUT2D eigenvalue weighted by Crippen LogP contribution is 2.32. The standard InChI is InChI=1S/C22H23F6N3O4/c1-3-34-20(33)31-18(10-14-6-4-5-7-16(14)22(26,27)28)19(32)30-13(2)17-9-8-15(11-29-17)35-12-21(23,24)25/h4-9,11,13,18H,3,10,12H2,1-2H3,(H,30,32)(H,31,33)/t13-,18-/m1/s1. The van der Waals surface area contributed by atoms with Gasteiger partial charge in [-0.1, -0.05) is 18.2 Å². The van der Waals surface area contributed by atoms with Gasteiger partial charge in [0.2, 0.25) is 5.91 Å². The van der Waals surface area contributed by atoms with Crippen LogP contribution in [0.5, 0.6) is 5.75 Å². The van der Waals surface area contributed by atoms with Crippen LogP contribution in [-0.2, 0) is 22.1 Å². The van der Waals surface area contributed by atoms with E-state index in [9.17, 15) is 35.9 Å². The first kappa shape index (κ1) is 27.7. The molecule has 13 heteroatoms. The van der Waals surface area contributed by atoms with Crippen LogP contribution >= 0.6 is 0 Å². The molecule has 35 heavy (non-hydrogen) atoms. The SMILES string of the molecule is CCOC(=O)N[C@H](Cc1ccccc1C(F)(F)F)C(=O)N[C@H](C)c1ccc(OCC(F)(F)F)cn1. The largest absolute Gasteiger partial charge is 0.483 e. The van der Waals surface area contributed by atoms with Crippen molar-refractivity contribution >= 4 is 12.0 Å². The van der Waals surface area contributed by atoms with E-state index < -0.39 is 55.0 Å². The molecule has 0 bridgehead atoms. The summed E-state index contributed by atoms with van der Waals surface area (Å²) in [6, 6.07) is 4.96. The Bertz CT molecular complexity index is 996. The zero-order chi connectivity index (χ0) is 26.2. The molecule has 7 nitrogen and oxygen atoms in total. The molecule has 2 atom stereocenters. The molecule has 0 saturated heterocycles. The van der Waals surface area contributed by atoms with Crippen molar-refractivity contribution in [3.63, 3.8) is 0 Å². The summed E-state index contributed by atoms with van der Waals surface area (Å²) in [6.07, 6.45) is -9.63. The molecule has 2 N–H and O–H groups in total. The summed E-state index contributed by atoms with van der Waals surface area (Å²) in [6.45, 7) is 1.49. The van der Waals surface area contributed by atoms with Crippen molar-refractivity contribution in [2.45, 2.75) is 44.7 Å². The summed E-state index contributed by atoms with van der Waals surface area (Å²) in [5.41, 5.74) is -0.926. The number of carbonyl (C=O) groups is 2. The number of carbonyl (C=O) groups excluding carboxylic acids is 2. The second-order valence-electron chi connectivity index (χ2n) is 7.33. The Kier molecular flexibility index (Phi) is 9.32. The number of alkyl halides is 6. The van der Waals surface area contributed by atoms with E-state index in [0.717, 1.165) is 12.3 Å². The van der Waals surface area contributed by atoms with Gasteiger partial charge in [0.25, 0.3) is 0 Å². The number of hydrogen-bond donors (Lipinski definition) is 2. The molecule has 2 aromatic rings. The van der Waals surface area contributed by atoms with Crippen molar-refractivity contribution in [3.05, 3.63) is 59.4 Å². The monoisotopic (exact) mass is 507 g/mol. The average Bonchev–Trinajstić information content (AvgIpc) is 2.77. The molecule has 192 valence electrons. The Labute approximate surface area is 196 Å². The van der Waals surface area contributed by atoms with Crippen LogP contribution in [0.3, 0.4) is 0 Å². The van der Waals surface area contributed by atoms with Gasteiger partial charge in [0.05, 0.1) is 30.1 Å². The molecule has 0 fully saturated rings. The van der Waals surface area contributed by atoms with Gasteiger partial charge in [0.15, 0.2) is 6.61 Å². The number of nitrogens with zero attached hydrogens (tertiary/aromatic N) is 1. The van der Waals surface area contributed by atoms with Crippen molar-refractivity contribution < 1.29 is 45.4 Å². The summed E-state index contributed by atoms with van der Waals surface area (Å²) in [5, 5.41) is 4.78. The first-order valence-corrected chi connectivity index (χ1v) is 10.3. The molecule has 2 amide bonds. The van der Waals surface area contributed by atoms with Gasteiger partial charge in [0, 0.05) is 6.42 Å². The number of benzene rings is 1. The van der Waals surface area contributed by atoms with Gasteiger partial charge >= 0.3 is 18.4 Å². The minimum Gasteiger partial charge on any atom is -0.483 e. The molecule has 2 rings (SSSR count). The smallest absolute Gasteiger partial charge is 0.422 e. The maximum atomic E-state index is 13.4. The van der Waals surface area contributed by atoms with E-state index in [4.69, 9.17) is 4.74 Å². The molecule has 0 aliphatic heterocycles. The molecule has 0 aliphatic carbocycles. The minimum absolute atomic E-state index is 0.0254. The van der Waals surface area contributed by atoms with Crippen LogP contribution in [0.25, 0.3) is 0 Å². The Morgan fingerprint density at radius 1 is 1.03 bits per heavy atom. The fourth-order valence-corrected chi connectivity index (χ4v) is 3.01. The fourth-order valence-electron chi connectivity index (χ4n) is 3.01. The lowest BCUT2D eigenvalue weighted by atomic mass is 9.99. The number of rotatable bonds is 9. The van der Waals surface area contributed by atoms with Gasteiger partial charge in [-0.25, -0.2) is 4.79 Å². The highest BCUT2D eigenvalue weighted by atomic mass is 19.4. The molecule has 0 saturated carbocycles. The van der Waals surface area contributed by atoms with E-state index in [1.165, 1.54) is 44.2 Å².